The number of aryl methyl sites for hydroxylation is 2. The van der Waals surface area contributed by atoms with E-state index >= 15 is 0 Å². The molecule has 3 heteroatoms. The molecule has 1 aromatic carbocycles. The topological polar surface area (TPSA) is 47.3 Å². The summed E-state index contributed by atoms with van der Waals surface area (Å²) in [6, 6.07) is 4.78. The molecule has 1 atom stereocenters. The highest BCUT2D eigenvalue weighted by molar-refractivity contribution is 5.40. The molecule has 0 saturated carbocycles. The number of nitrogens with one attached hydrogen (secondary N) is 1. The van der Waals surface area contributed by atoms with Crippen LogP contribution in [0.3, 0.4) is 0 Å². The molecule has 0 aliphatic heterocycles. The van der Waals surface area contributed by atoms with Crippen molar-refractivity contribution in [3.8, 4) is 0 Å². The van der Waals surface area contributed by atoms with Crippen LogP contribution >= 0.6 is 0 Å². The second-order valence-electron chi connectivity index (χ2n) is 6.98. The van der Waals surface area contributed by atoms with Gasteiger partial charge in [-0.1, -0.05) is 39.8 Å². The lowest BCUT2D eigenvalue weighted by atomic mass is 9.83. The fourth-order valence-corrected chi connectivity index (χ4v) is 2.53. The Hall–Kier alpha value is -0.900. The Kier molecular flexibility index (Phi) is 6.85. The lowest BCUT2D eigenvalue weighted by molar-refractivity contribution is 0.112. The molecule has 1 aromatic rings. The molecule has 120 valence electrons. The molecule has 1 unspecified atom stereocenters. The van der Waals surface area contributed by atoms with Crippen molar-refractivity contribution >= 4 is 0 Å². The summed E-state index contributed by atoms with van der Waals surface area (Å²) in [4.78, 5) is 0. The van der Waals surface area contributed by atoms with Crippen LogP contribution in [0.4, 0.5) is 0 Å². The van der Waals surface area contributed by atoms with Gasteiger partial charge in [0.15, 0.2) is 0 Å². The quantitative estimate of drug-likeness (QED) is 0.460. The minimum Gasteiger partial charge on any atom is -0.380 e. The standard InChI is InChI=1S/C18H32N2O/c1-7-8-21-12-16(20-19)11-17-13(2)9-15(10-14(17)3)18(4,5)6/h9-10,16,20H,7-8,11-12,19H2,1-6H3. The zero-order valence-corrected chi connectivity index (χ0v) is 14.5. The molecule has 0 aliphatic carbocycles. The molecule has 0 saturated heterocycles. The molecule has 0 spiro atoms. The van der Waals surface area contributed by atoms with Crippen LogP contribution in [-0.4, -0.2) is 19.3 Å². The lowest BCUT2D eigenvalue weighted by Gasteiger charge is -2.24. The molecule has 1 rings (SSSR count). The van der Waals surface area contributed by atoms with E-state index in [0.29, 0.717) is 6.61 Å². The number of benzene rings is 1. The maximum atomic E-state index is 5.67. The summed E-state index contributed by atoms with van der Waals surface area (Å²) in [6.07, 6.45) is 1.94. The second-order valence-corrected chi connectivity index (χ2v) is 6.98. The third kappa shape index (κ3) is 5.42. The first-order valence-electron chi connectivity index (χ1n) is 7.94. The predicted octanol–water partition coefficient (Wildman–Crippen LogP) is 3.40. The number of hydrazine groups is 1. The van der Waals surface area contributed by atoms with Gasteiger partial charge in [0.1, 0.15) is 0 Å². The number of ether oxygens (including phenoxy) is 1. The van der Waals surface area contributed by atoms with Gasteiger partial charge in [-0.2, -0.15) is 0 Å². The first kappa shape index (κ1) is 18.1. The Labute approximate surface area is 130 Å². The van der Waals surface area contributed by atoms with Crippen molar-refractivity contribution < 1.29 is 4.74 Å². The van der Waals surface area contributed by atoms with Crippen LogP contribution in [-0.2, 0) is 16.6 Å². The van der Waals surface area contributed by atoms with Crippen molar-refractivity contribution in [2.75, 3.05) is 13.2 Å². The van der Waals surface area contributed by atoms with Gasteiger partial charge >= 0.3 is 0 Å². The average molecular weight is 292 g/mol. The lowest BCUT2D eigenvalue weighted by Crippen LogP contribution is -2.40. The Bertz CT molecular complexity index is 426. The fraction of sp³-hybridized carbons (Fsp3) is 0.667. The maximum Gasteiger partial charge on any atom is 0.0636 e. The van der Waals surface area contributed by atoms with Gasteiger partial charge in [-0.3, -0.25) is 11.3 Å². The third-order valence-corrected chi connectivity index (χ3v) is 3.92. The summed E-state index contributed by atoms with van der Waals surface area (Å²) in [5, 5.41) is 0. The Morgan fingerprint density at radius 1 is 1.19 bits per heavy atom. The molecule has 0 aliphatic rings. The van der Waals surface area contributed by atoms with Crippen LogP contribution in [0.5, 0.6) is 0 Å². The van der Waals surface area contributed by atoms with E-state index in [1.54, 1.807) is 0 Å². The van der Waals surface area contributed by atoms with Crippen molar-refractivity contribution in [1.82, 2.24) is 5.43 Å². The van der Waals surface area contributed by atoms with Gasteiger partial charge in [-0.05, 0) is 54.4 Å². The molecular formula is C18H32N2O. The van der Waals surface area contributed by atoms with Crippen LogP contribution in [0.25, 0.3) is 0 Å². The third-order valence-electron chi connectivity index (χ3n) is 3.92. The fourth-order valence-electron chi connectivity index (χ4n) is 2.53. The van der Waals surface area contributed by atoms with Gasteiger partial charge in [0.05, 0.1) is 6.61 Å². The van der Waals surface area contributed by atoms with E-state index in [-0.39, 0.29) is 11.5 Å². The Morgan fingerprint density at radius 3 is 2.19 bits per heavy atom. The normalized spacial score (nSPS) is 13.5. The maximum absolute atomic E-state index is 5.67. The van der Waals surface area contributed by atoms with Crippen LogP contribution in [0.1, 0.15) is 56.4 Å². The molecule has 0 aromatic heterocycles. The van der Waals surface area contributed by atoms with Crippen LogP contribution in [0, 0.1) is 13.8 Å². The smallest absolute Gasteiger partial charge is 0.0636 e. The van der Waals surface area contributed by atoms with Gasteiger partial charge in [-0.15, -0.1) is 0 Å². The summed E-state index contributed by atoms with van der Waals surface area (Å²) < 4.78 is 5.62. The van der Waals surface area contributed by atoms with Crippen molar-refractivity contribution in [2.24, 2.45) is 5.84 Å². The number of rotatable bonds is 7. The van der Waals surface area contributed by atoms with Gasteiger partial charge in [-0.25, -0.2) is 0 Å². The summed E-state index contributed by atoms with van der Waals surface area (Å²) in [5.41, 5.74) is 8.52. The summed E-state index contributed by atoms with van der Waals surface area (Å²) in [7, 11) is 0. The van der Waals surface area contributed by atoms with Crippen molar-refractivity contribution in [2.45, 2.75) is 65.8 Å². The minimum absolute atomic E-state index is 0.162. The molecule has 3 N–H and O–H groups in total. The van der Waals surface area contributed by atoms with Gasteiger partial charge in [0.25, 0.3) is 0 Å². The van der Waals surface area contributed by atoms with Gasteiger partial charge in [0.2, 0.25) is 0 Å². The van der Waals surface area contributed by atoms with E-state index in [9.17, 15) is 0 Å². The predicted molar refractivity (Wildman–Crippen MR) is 90.5 cm³/mol. The van der Waals surface area contributed by atoms with Crippen LogP contribution in [0.2, 0.25) is 0 Å². The second kappa shape index (κ2) is 7.92. The molecule has 0 radical (unpaired) electrons. The van der Waals surface area contributed by atoms with Crippen molar-refractivity contribution in [1.29, 1.82) is 0 Å². The van der Waals surface area contributed by atoms with E-state index in [2.05, 4.69) is 59.1 Å². The molecule has 0 amide bonds. The minimum atomic E-state index is 0.162. The van der Waals surface area contributed by atoms with Crippen LogP contribution < -0.4 is 11.3 Å². The van der Waals surface area contributed by atoms with E-state index in [0.717, 1.165) is 19.4 Å². The van der Waals surface area contributed by atoms with E-state index in [4.69, 9.17) is 10.6 Å². The van der Waals surface area contributed by atoms with E-state index in [1.165, 1.54) is 22.3 Å². The molecule has 0 heterocycles. The number of nitrogens with two attached hydrogens (primary N) is 1. The zero-order chi connectivity index (χ0) is 16.0. The van der Waals surface area contributed by atoms with Gasteiger partial charge in [0, 0.05) is 12.6 Å². The molecule has 0 bridgehead atoms. The molecule has 0 fully saturated rings. The Morgan fingerprint density at radius 2 is 1.76 bits per heavy atom. The van der Waals surface area contributed by atoms with Crippen LogP contribution in [0.15, 0.2) is 12.1 Å². The number of hydrogen-bond acceptors (Lipinski definition) is 3. The van der Waals surface area contributed by atoms with Crippen molar-refractivity contribution in [3.63, 3.8) is 0 Å². The van der Waals surface area contributed by atoms with Gasteiger partial charge < -0.3 is 4.74 Å². The first-order valence-corrected chi connectivity index (χ1v) is 7.94. The zero-order valence-electron chi connectivity index (χ0n) is 14.5. The highest BCUT2D eigenvalue weighted by Crippen LogP contribution is 2.27. The highest BCUT2D eigenvalue weighted by Gasteiger charge is 2.18. The Balaban J connectivity index is 2.87. The van der Waals surface area contributed by atoms with E-state index in [1.807, 2.05) is 0 Å². The largest absolute Gasteiger partial charge is 0.380 e. The number of hydrogen-bond donors (Lipinski definition) is 2. The summed E-state index contributed by atoms with van der Waals surface area (Å²) in [6.45, 7) is 14.7. The SMILES string of the molecule is CCCOCC(Cc1c(C)cc(C(C)(C)C)cc1C)NN. The first-order chi connectivity index (χ1) is 9.79. The monoisotopic (exact) mass is 292 g/mol. The molecule has 3 nitrogen and oxygen atoms in total. The molecular weight excluding hydrogens is 260 g/mol. The summed E-state index contributed by atoms with van der Waals surface area (Å²) >= 11 is 0. The van der Waals surface area contributed by atoms with Crippen molar-refractivity contribution in [3.05, 3.63) is 34.4 Å². The highest BCUT2D eigenvalue weighted by atomic mass is 16.5. The summed E-state index contributed by atoms with van der Waals surface area (Å²) in [5.74, 6) is 5.67. The van der Waals surface area contributed by atoms with E-state index < -0.39 is 0 Å². The molecule has 21 heavy (non-hydrogen) atoms. The average Bonchev–Trinajstić information content (AvgIpc) is 2.39.